The topological polar surface area (TPSA) is 218 Å². The summed E-state index contributed by atoms with van der Waals surface area (Å²) >= 11 is 0. The summed E-state index contributed by atoms with van der Waals surface area (Å²) < 4.78 is 53.1. The number of fused-ring (bicyclic) bond motifs is 3. The van der Waals surface area contributed by atoms with Crippen molar-refractivity contribution in [2.24, 2.45) is 11.8 Å². The van der Waals surface area contributed by atoms with Crippen LogP contribution in [0.4, 0.5) is 14.0 Å². The summed E-state index contributed by atoms with van der Waals surface area (Å²) in [6.07, 6.45) is 3.51. The summed E-state index contributed by atoms with van der Waals surface area (Å²) in [6.45, 7) is 3.57. The van der Waals surface area contributed by atoms with Gasteiger partial charge in [0.25, 0.3) is 5.91 Å². The second-order valence-electron chi connectivity index (χ2n) is 14.7. The maximum absolute atomic E-state index is 14.9. The van der Waals surface area contributed by atoms with Crippen LogP contribution in [-0.4, -0.2) is 101 Å². The van der Waals surface area contributed by atoms with Crippen LogP contribution in [0.1, 0.15) is 63.6 Å². The molecule has 1 aromatic rings. The van der Waals surface area contributed by atoms with Crippen LogP contribution in [0, 0.1) is 17.7 Å². The fourth-order valence-electron chi connectivity index (χ4n) is 7.08. The van der Waals surface area contributed by atoms with Gasteiger partial charge in [-0.05, 0) is 58.1 Å². The van der Waals surface area contributed by atoms with Crippen molar-refractivity contribution in [3.8, 4) is 0 Å². The highest BCUT2D eigenvalue weighted by molar-refractivity contribution is 7.91. The van der Waals surface area contributed by atoms with E-state index >= 15 is 0 Å². The van der Waals surface area contributed by atoms with E-state index in [1.165, 1.54) is 30.4 Å². The molecule has 2 saturated carbocycles. The van der Waals surface area contributed by atoms with Crippen molar-refractivity contribution in [2.75, 3.05) is 13.2 Å². The maximum atomic E-state index is 14.9. The van der Waals surface area contributed by atoms with Gasteiger partial charge in [-0.25, -0.2) is 27.2 Å². The van der Waals surface area contributed by atoms with Crippen LogP contribution in [0.3, 0.4) is 0 Å². The number of nitrogens with one attached hydrogen (secondary N) is 3. The van der Waals surface area contributed by atoms with Crippen molar-refractivity contribution >= 4 is 45.9 Å². The van der Waals surface area contributed by atoms with Crippen LogP contribution in [0.5, 0.6) is 0 Å². The Bertz CT molecular complexity index is 1870. The van der Waals surface area contributed by atoms with Crippen molar-refractivity contribution in [3.63, 3.8) is 0 Å². The first-order chi connectivity index (χ1) is 24.4. The minimum Gasteiger partial charge on any atom is -0.465 e. The van der Waals surface area contributed by atoms with Gasteiger partial charge in [0.15, 0.2) is 0 Å². The number of hydrogen-bond donors (Lipinski definition) is 4. The third-order valence-corrected chi connectivity index (χ3v) is 11.6. The lowest BCUT2D eigenvalue weighted by molar-refractivity contribution is -0.145. The molecule has 3 fully saturated rings. The number of hydrogen-bond acceptors (Lipinski definition) is 10. The number of ether oxygens (including phenoxy) is 2. The molecule has 52 heavy (non-hydrogen) atoms. The van der Waals surface area contributed by atoms with Gasteiger partial charge >= 0.3 is 18.2 Å². The Morgan fingerprint density at radius 1 is 1.13 bits per heavy atom. The smallest absolute Gasteiger partial charge is 0.408 e. The van der Waals surface area contributed by atoms with Crippen LogP contribution in [-0.2, 0) is 45.2 Å². The van der Waals surface area contributed by atoms with Crippen molar-refractivity contribution in [1.29, 1.82) is 0 Å². The van der Waals surface area contributed by atoms with E-state index in [0.717, 1.165) is 15.9 Å². The molecule has 18 heteroatoms. The SMILES string of the molecule is CC(C)(C)OC(=O)N[C@H]1COC(=O)/C=C/C=C\[C@@H]2C[C@@]2(C(=O)NS(=O)(=O)C2CC2)NC(=O)[C@@H]2C[C@@H](C3c4cccc(F)c4CN3C(=O)O)CN2C1=O. The number of sulfonamides is 1. The van der Waals surface area contributed by atoms with E-state index < -0.39 is 105 Å². The highest BCUT2D eigenvalue weighted by Gasteiger charge is 2.62. The van der Waals surface area contributed by atoms with Crippen LogP contribution >= 0.6 is 0 Å². The second-order valence-corrected chi connectivity index (χ2v) is 16.6. The van der Waals surface area contributed by atoms with Crippen LogP contribution in [0.2, 0.25) is 0 Å². The lowest BCUT2D eigenvalue weighted by Gasteiger charge is -2.30. The Labute approximate surface area is 298 Å². The molecule has 4 N–H and O–H groups in total. The van der Waals surface area contributed by atoms with E-state index in [9.17, 15) is 46.7 Å². The van der Waals surface area contributed by atoms with Crippen molar-refractivity contribution in [1.82, 2.24) is 25.2 Å². The molecule has 3 heterocycles. The minimum absolute atomic E-state index is 0.00542. The first-order valence-corrected chi connectivity index (χ1v) is 18.4. The molecule has 6 atom stereocenters. The first kappa shape index (κ1) is 36.8. The summed E-state index contributed by atoms with van der Waals surface area (Å²) in [5.41, 5.74) is -2.20. The predicted molar refractivity (Wildman–Crippen MR) is 178 cm³/mol. The quantitative estimate of drug-likeness (QED) is 0.318. The second kappa shape index (κ2) is 13.5. The van der Waals surface area contributed by atoms with Crippen LogP contribution in [0.25, 0.3) is 0 Å². The highest BCUT2D eigenvalue weighted by Crippen LogP contribution is 2.48. The Balaban J connectivity index is 1.37. The molecule has 0 aromatic heterocycles. The Morgan fingerprint density at radius 3 is 2.54 bits per heavy atom. The Hall–Kier alpha value is -5.00. The Kier molecular flexibility index (Phi) is 9.56. The van der Waals surface area contributed by atoms with Crippen LogP contribution < -0.4 is 15.4 Å². The van der Waals surface area contributed by atoms with E-state index in [1.54, 1.807) is 26.8 Å². The highest BCUT2D eigenvalue weighted by atomic mass is 32.2. The molecule has 280 valence electrons. The van der Waals surface area contributed by atoms with Gasteiger partial charge in [-0.1, -0.05) is 30.4 Å². The van der Waals surface area contributed by atoms with E-state index in [1.807, 2.05) is 0 Å². The van der Waals surface area contributed by atoms with Gasteiger partial charge in [-0.2, -0.15) is 0 Å². The number of allylic oxidation sites excluding steroid dienone is 2. The summed E-state index contributed by atoms with van der Waals surface area (Å²) in [6, 6.07) is 0.253. The first-order valence-electron chi connectivity index (χ1n) is 16.9. The summed E-state index contributed by atoms with van der Waals surface area (Å²) in [5, 5.41) is 14.5. The van der Waals surface area contributed by atoms with Crippen molar-refractivity contribution in [3.05, 3.63) is 59.4 Å². The third-order valence-electron chi connectivity index (χ3n) is 9.78. The van der Waals surface area contributed by atoms with Gasteiger partial charge in [0.1, 0.15) is 35.6 Å². The number of rotatable bonds is 5. The molecular formula is C34H40FN5O11S. The predicted octanol–water partition coefficient (Wildman–Crippen LogP) is 1.62. The van der Waals surface area contributed by atoms with Gasteiger partial charge in [0, 0.05) is 30.0 Å². The van der Waals surface area contributed by atoms with Gasteiger partial charge in [0.05, 0.1) is 17.8 Å². The molecule has 2 aliphatic carbocycles. The maximum Gasteiger partial charge on any atom is 0.408 e. The molecule has 5 amide bonds. The standard InChI is InChI=1S/C34H40FN5O11S/c1-33(2,3)51-31(45)36-24-17-50-26(41)10-5-4-7-19-14-34(19,30(44)38-52(48,49)20-11-12-20)37-28(42)25-13-18(15-39(25)29(24)43)27-21-8-6-9-23(35)22(21)16-40(27)32(46)47/h4-10,18-20,24-25,27H,11-17H2,1-3H3,(H,36,45)(H,37,42)(H,38,44)(H,46,47)/b7-4-,10-5+/t18-,19-,24+,25+,27?,34-/m1/s1. The van der Waals surface area contributed by atoms with Crippen LogP contribution in [0.15, 0.2) is 42.5 Å². The van der Waals surface area contributed by atoms with Gasteiger partial charge in [-0.15, -0.1) is 0 Å². The third kappa shape index (κ3) is 7.47. The molecule has 1 saturated heterocycles. The lowest BCUT2D eigenvalue weighted by atomic mass is 9.90. The van der Waals surface area contributed by atoms with E-state index in [2.05, 4.69) is 15.4 Å². The number of alkyl carbamates (subject to hydrolysis) is 1. The number of cyclic esters (lactones) is 1. The van der Waals surface area contributed by atoms with Gasteiger partial charge in [-0.3, -0.25) is 24.0 Å². The number of halogens is 1. The number of nitrogens with zero attached hydrogens (tertiary/aromatic N) is 2. The zero-order valence-electron chi connectivity index (χ0n) is 28.7. The molecule has 1 unspecified atom stereocenters. The summed E-state index contributed by atoms with van der Waals surface area (Å²) in [5.74, 6) is -5.70. The zero-order chi connectivity index (χ0) is 37.7. The molecule has 5 aliphatic rings. The average molecular weight is 746 g/mol. The number of carboxylic acid groups (broad SMARTS) is 1. The molecule has 0 bridgehead atoms. The fourth-order valence-corrected chi connectivity index (χ4v) is 8.44. The molecular weight excluding hydrogens is 705 g/mol. The molecule has 0 radical (unpaired) electrons. The zero-order valence-corrected chi connectivity index (χ0v) is 29.5. The largest absolute Gasteiger partial charge is 0.465 e. The van der Waals surface area contributed by atoms with Crippen molar-refractivity contribution in [2.45, 2.75) is 87.5 Å². The average Bonchev–Trinajstić information content (AvgIpc) is 3.94. The normalized spacial score (nSPS) is 30.3. The molecule has 1 aromatic carbocycles. The molecule has 0 spiro atoms. The summed E-state index contributed by atoms with van der Waals surface area (Å²) in [7, 11) is -4.02. The van der Waals surface area contributed by atoms with E-state index in [4.69, 9.17) is 9.47 Å². The minimum atomic E-state index is -4.02. The fraction of sp³-hybridized carbons (Fsp3) is 0.529. The lowest BCUT2D eigenvalue weighted by Crippen LogP contribution is -2.59. The number of amides is 5. The molecule has 3 aliphatic heterocycles. The number of carbonyl (C=O) groups excluding carboxylic acids is 5. The monoisotopic (exact) mass is 745 g/mol. The number of benzene rings is 1. The van der Waals surface area contributed by atoms with E-state index in [-0.39, 0.29) is 31.5 Å². The number of esters is 1. The summed E-state index contributed by atoms with van der Waals surface area (Å²) in [4.78, 5) is 82.4. The van der Waals surface area contributed by atoms with Gasteiger partial charge < -0.3 is 30.1 Å². The van der Waals surface area contributed by atoms with Gasteiger partial charge in [0.2, 0.25) is 21.8 Å². The number of carbonyl (C=O) groups is 6. The van der Waals surface area contributed by atoms with Crippen molar-refractivity contribution < 1.29 is 56.2 Å². The Morgan fingerprint density at radius 2 is 1.87 bits per heavy atom. The van der Waals surface area contributed by atoms with E-state index in [0.29, 0.717) is 18.4 Å². The molecule has 16 nitrogen and oxygen atoms in total. The molecule has 6 rings (SSSR count).